The van der Waals surface area contributed by atoms with Gasteiger partial charge in [0.1, 0.15) is 5.75 Å². The van der Waals surface area contributed by atoms with Gasteiger partial charge in [0.05, 0.1) is 23.1 Å². The summed E-state index contributed by atoms with van der Waals surface area (Å²) in [6.45, 7) is 6.48. The van der Waals surface area contributed by atoms with E-state index in [1.54, 1.807) is 29.2 Å². The van der Waals surface area contributed by atoms with Gasteiger partial charge in [0.15, 0.2) is 5.78 Å². The fraction of sp³-hybridized carbons (Fsp3) is 0.488. The van der Waals surface area contributed by atoms with Crippen LogP contribution in [0.2, 0.25) is 0 Å². The number of aliphatic hydroxyl groups is 2. The number of allylic oxidation sites excluding steroid dienone is 4. The van der Waals surface area contributed by atoms with Gasteiger partial charge < -0.3 is 25.2 Å². The van der Waals surface area contributed by atoms with Crippen LogP contribution in [0.4, 0.5) is 23.7 Å². The number of nitrogens with zero attached hydrogens (tertiary/aromatic N) is 1. The minimum absolute atomic E-state index is 0.0189. The molecular weight excluding hydrogens is 714 g/mol. The number of fused-ring (bicyclic) bond motifs is 1. The average molecular weight is 761 g/mol. The fourth-order valence-electron chi connectivity index (χ4n) is 11.5. The summed E-state index contributed by atoms with van der Waals surface area (Å²) in [5, 5.41) is 27.0. The molecule has 6 aliphatic carbocycles. The van der Waals surface area contributed by atoms with Gasteiger partial charge >= 0.3 is 12.4 Å². The highest BCUT2D eigenvalue weighted by molar-refractivity contribution is 7.14. The van der Waals surface area contributed by atoms with E-state index >= 15 is 0 Å². The summed E-state index contributed by atoms with van der Waals surface area (Å²) in [6.07, 6.45) is 6.14. The van der Waals surface area contributed by atoms with Gasteiger partial charge in [0.2, 0.25) is 0 Å². The standard InChI is InChI=1S/C43H47F3N2O5S/c1-27-9-14-33(54-27)36(50)32-24-40-21-22-42(32)34(38(40,2)18-15-30(49)23-40)16-19-39(3)35(42)17-20-41(39,52)26-48(37(51)47-29-7-5-4-6-8-29)25-28-10-12-31(13-11-28)53-43(44,45)46/h4-14,21-22,24,30,34-35,49,52H,15-20,23,25-26H2,1-3H3,(H,47,51)/t30?,34-,35-,38-,39+,40+,41-,42-/m1/s1. The molecule has 9 rings (SSSR count). The quantitative estimate of drug-likeness (QED) is 0.157. The molecule has 0 aliphatic heterocycles. The van der Waals surface area contributed by atoms with Gasteiger partial charge in [-0.2, -0.15) is 0 Å². The monoisotopic (exact) mass is 760 g/mol. The molecule has 3 saturated carbocycles. The number of Topliss-reactive ketones (excluding diaryl/α,β-unsaturated/α-hetero) is 1. The van der Waals surface area contributed by atoms with Crippen molar-refractivity contribution in [2.24, 2.45) is 33.5 Å². The second-order valence-corrected chi connectivity index (χ2v) is 18.2. The van der Waals surface area contributed by atoms with Crippen molar-refractivity contribution in [3.63, 3.8) is 0 Å². The van der Waals surface area contributed by atoms with E-state index in [2.05, 4.69) is 42.1 Å². The smallest absolute Gasteiger partial charge is 0.406 e. The van der Waals surface area contributed by atoms with Crippen LogP contribution in [0.1, 0.15) is 78.9 Å². The number of halogens is 3. The number of nitrogens with one attached hydrogen (secondary N) is 1. The molecule has 6 aliphatic rings. The molecule has 0 radical (unpaired) electrons. The lowest BCUT2D eigenvalue weighted by molar-refractivity contribution is -0.274. The molecule has 54 heavy (non-hydrogen) atoms. The Kier molecular flexibility index (Phi) is 8.78. The molecule has 7 nitrogen and oxygen atoms in total. The number of ketones is 1. The Morgan fingerprint density at radius 2 is 1.61 bits per heavy atom. The first-order chi connectivity index (χ1) is 25.5. The highest BCUT2D eigenvalue weighted by Gasteiger charge is 2.74. The van der Waals surface area contributed by atoms with Crippen LogP contribution in [0.5, 0.6) is 5.75 Å². The van der Waals surface area contributed by atoms with E-state index in [0.717, 1.165) is 23.3 Å². The topological polar surface area (TPSA) is 99.1 Å². The second-order valence-electron chi connectivity index (χ2n) is 16.9. The predicted octanol–water partition coefficient (Wildman–Crippen LogP) is 9.46. The number of thiophene rings is 1. The summed E-state index contributed by atoms with van der Waals surface area (Å²) in [5.74, 6) is -0.323. The van der Waals surface area contributed by atoms with Gasteiger partial charge in [-0.25, -0.2) is 4.79 Å². The number of benzene rings is 2. The van der Waals surface area contributed by atoms with Crippen LogP contribution in [0.15, 0.2) is 90.5 Å². The Bertz CT molecular complexity index is 2010. The molecule has 3 fully saturated rings. The lowest BCUT2D eigenvalue weighted by Gasteiger charge is -2.71. The molecule has 2 bridgehead atoms. The highest BCUT2D eigenvalue weighted by Crippen LogP contribution is 2.78. The van der Waals surface area contributed by atoms with Crippen LogP contribution in [0, 0.1) is 40.4 Å². The fourth-order valence-corrected chi connectivity index (χ4v) is 12.4. The van der Waals surface area contributed by atoms with Crippen LogP contribution in [0.3, 0.4) is 0 Å². The van der Waals surface area contributed by atoms with Gasteiger partial charge in [-0.1, -0.05) is 62.4 Å². The largest absolute Gasteiger partial charge is 0.573 e. The molecule has 11 heteroatoms. The molecular formula is C43H47F3N2O5S. The van der Waals surface area contributed by atoms with Gasteiger partial charge in [-0.05, 0) is 111 Å². The Morgan fingerprint density at radius 3 is 2.30 bits per heavy atom. The third-order valence-corrected chi connectivity index (χ3v) is 15.2. The summed E-state index contributed by atoms with van der Waals surface area (Å²) in [5.41, 5.74) is -1.38. The van der Waals surface area contributed by atoms with Crippen molar-refractivity contribution < 1.29 is 37.7 Å². The minimum Gasteiger partial charge on any atom is -0.406 e. The number of anilines is 1. The lowest BCUT2D eigenvalue weighted by Crippen LogP contribution is -2.67. The van der Waals surface area contributed by atoms with Crippen molar-refractivity contribution in [1.29, 1.82) is 0 Å². The van der Waals surface area contributed by atoms with Gasteiger partial charge in [-0.3, -0.25) is 4.79 Å². The Morgan fingerprint density at radius 1 is 0.926 bits per heavy atom. The van der Waals surface area contributed by atoms with E-state index in [4.69, 9.17) is 0 Å². The SMILES string of the molecule is Cc1ccc(C(=O)C2=C[C@@]34C=C[C@@]25[C@@H]2CC[C@@](O)(CN(Cc6ccc(OC(F)(F)F)cc6)C(=O)Nc6ccccc6)[C@@]2(C)CC[C@@H]5[C@@]3(C)CCC(O)C4)s1. The number of aliphatic hydroxyl groups excluding tert-OH is 1. The number of carbonyl (C=O) groups is 2. The summed E-state index contributed by atoms with van der Waals surface area (Å²) in [6, 6.07) is 17.9. The zero-order valence-corrected chi connectivity index (χ0v) is 31.6. The van der Waals surface area contributed by atoms with Crippen molar-refractivity contribution in [3.8, 4) is 5.75 Å². The maximum absolute atomic E-state index is 14.8. The van der Waals surface area contributed by atoms with E-state index in [-0.39, 0.29) is 41.9 Å². The third-order valence-electron chi connectivity index (χ3n) is 14.2. The number of alkyl halides is 3. The average Bonchev–Trinajstić information content (AvgIpc) is 3.68. The molecule has 1 aromatic heterocycles. The summed E-state index contributed by atoms with van der Waals surface area (Å²) in [7, 11) is 0. The number of hydrogen-bond acceptors (Lipinski definition) is 6. The van der Waals surface area contributed by atoms with E-state index in [1.807, 2.05) is 25.1 Å². The number of amides is 2. The zero-order chi connectivity index (χ0) is 38.3. The molecule has 8 atom stereocenters. The van der Waals surface area contributed by atoms with Crippen LogP contribution in [-0.2, 0) is 6.54 Å². The van der Waals surface area contributed by atoms with Crippen LogP contribution in [0.25, 0.3) is 0 Å². The normalized spacial score (nSPS) is 35.0. The molecule has 3 aromatic rings. The maximum atomic E-state index is 14.8. The van der Waals surface area contributed by atoms with Gasteiger partial charge in [0, 0.05) is 38.9 Å². The maximum Gasteiger partial charge on any atom is 0.573 e. The highest BCUT2D eigenvalue weighted by atomic mass is 32.1. The van der Waals surface area contributed by atoms with Crippen LogP contribution in [-0.4, -0.2) is 51.5 Å². The number of urea groups is 1. The summed E-state index contributed by atoms with van der Waals surface area (Å²) >= 11 is 1.49. The van der Waals surface area contributed by atoms with Gasteiger partial charge in [-0.15, -0.1) is 24.5 Å². The molecule has 2 aromatic carbocycles. The molecule has 0 saturated heterocycles. The van der Waals surface area contributed by atoms with Crippen molar-refractivity contribution in [1.82, 2.24) is 4.90 Å². The van der Waals surface area contributed by atoms with Crippen LogP contribution < -0.4 is 10.1 Å². The number of ether oxygens (including phenoxy) is 1. The van der Waals surface area contributed by atoms with Crippen molar-refractivity contribution in [2.75, 3.05) is 11.9 Å². The Balaban J connectivity index is 1.16. The van der Waals surface area contributed by atoms with E-state index in [1.165, 1.54) is 35.6 Å². The number of rotatable bonds is 8. The van der Waals surface area contributed by atoms with Crippen molar-refractivity contribution >= 4 is 28.8 Å². The number of hydrogen-bond donors (Lipinski definition) is 3. The lowest BCUT2D eigenvalue weighted by atomic mass is 9.32. The molecule has 3 N–H and O–H groups in total. The summed E-state index contributed by atoms with van der Waals surface area (Å²) in [4.78, 5) is 32.1. The predicted molar refractivity (Wildman–Crippen MR) is 201 cm³/mol. The second kappa shape index (κ2) is 12.8. The number of para-hydroxylation sites is 1. The minimum atomic E-state index is -4.83. The Hall–Kier alpha value is -3.93. The molecule has 1 unspecified atom stereocenters. The molecule has 2 spiro atoms. The molecule has 286 valence electrons. The van der Waals surface area contributed by atoms with Crippen LogP contribution >= 0.6 is 11.3 Å². The van der Waals surface area contributed by atoms with Gasteiger partial charge in [0.25, 0.3) is 0 Å². The van der Waals surface area contributed by atoms with E-state index in [0.29, 0.717) is 48.2 Å². The molecule has 1 heterocycles. The summed E-state index contributed by atoms with van der Waals surface area (Å²) < 4.78 is 42.7. The van der Waals surface area contributed by atoms with Crippen molar-refractivity contribution in [3.05, 3.63) is 106 Å². The third kappa shape index (κ3) is 5.75. The van der Waals surface area contributed by atoms with E-state index in [9.17, 15) is 33.0 Å². The molecule has 2 amide bonds. The zero-order valence-electron chi connectivity index (χ0n) is 30.8. The number of aryl methyl sites for hydroxylation is 1. The first-order valence-corrected chi connectivity index (χ1v) is 19.7. The van der Waals surface area contributed by atoms with E-state index < -0.39 is 40.3 Å². The Labute approximate surface area is 317 Å². The number of carbonyl (C=O) groups excluding carboxylic acids is 2. The first kappa shape index (κ1) is 37.0. The first-order valence-electron chi connectivity index (χ1n) is 18.9. The van der Waals surface area contributed by atoms with Crippen molar-refractivity contribution in [2.45, 2.75) is 90.3 Å².